The van der Waals surface area contributed by atoms with Gasteiger partial charge in [-0.15, -0.1) is 0 Å². The SMILES string of the molecule is C=Cn1ccnc1C(=O)c1cc(Cl)nc(Cl)c1. The van der Waals surface area contributed by atoms with E-state index in [1.165, 1.54) is 29.1 Å². The van der Waals surface area contributed by atoms with Gasteiger partial charge in [-0.3, -0.25) is 4.79 Å². The topological polar surface area (TPSA) is 47.8 Å². The zero-order valence-electron chi connectivity index (χ0n) is 8.60. The van der Waals surface area contributed by atoms with Crippen molar-refractivity contribution in [3.05, 3.63) is 52.8 Å². The Bertz CT molecular complexity index is 572. The van der Waals surface area contributed by atoms with Crippen LogP contribution in [0.25, 0.3) is 6.20 Å². The summed E-state index contributed by atoms with van der Waals surface area (Å²) in [6.45, 7) is 3.58. The van der Waals surface area contributed by atoms with Gasteiger partial charge in [0.1, 0.15) is 10.3 Å². The zero-order chi connectivity index (χ0) is 12.4. The maximum absolute atomic E-state index is 12.1. The van der Waals surface area contributed by atoms with Gasteiger partial charge in [0.05, 0.1) is 0 Å². The minimum absolute atomic E-state index is 0.164. The monoisotopic (exact) mass is 267 g/mol. The molecule has 0 bridgehead atoms. The first-order valence-electron chi connectivity index (χ1n) is 4.65. The van der Waals surface area contributed by atoms with Gasteiger partial charge in [-0.25, -0.2) is 9.97 Å². The third kappa shape index (κ3) is 2.38. The Morgan fingerprint density at radius 2 is 2.00 bits per heavy atom. The lowest BCUT2D eigenvalue weighted by atomic mass is 10.1. The summed E-state index contributed by atoms with van der Waals surface area (Å²) >= 11 is 11.5. The van der Waals surface area contributed by atoms with E-state index in [9.17, 15) is 4.79 Å². The predicted molar refractivity (Wildman–Crippen MR) is 66.3 cm³/mol. The predicted octanol–water partition coefficient (Wildman–Crippen LogP) is 2.92. The normalized spacial score (nSPS) is 10.2. The number of carbonyl (C=O) groups excluding carboxylic acids is 1. The van der Waals surface area contributed by atoms with Gasteiger partial charge in [0, 0.05) is 24.2 Å². The number of imidazole rings is 1. The third-order valence-corrected chi connectivity index (χ3v) is 2.48. The molecule has 0 radical (unpaired) electrons. The molecular weight excluding hydrogens is 261 g/mol. The van der Waals surface area contributed by atoms with Crippen LogP contribution in [-0.2, 0) is 0 Å². The van der Waals surface area contributed by atoms with E-state index in [4.69, 9.17) is 23.2 Å². The number of aromatic nitrogens is 3. The maximum atomic E-state index is 12.1. The van der Waals surface area contributed by atoms with Gasteiger partial charge in [-0.2, -0.15) is 0 Å². The first kappa shape index (κ1) is 11.8. The van der Waals surface area contributed by atoms with Crippen LogP contribution in [0.5, 0.6) is 0 Å². The molecule has 17 heavy (non-hydrogen) atoms. The molecule has 0 amide bonds. The lowest BCUT2D eigenvalue weighted by Gasteiger charge is -2.02. The number of rotatable bonds is 3. The summed E-state index contributed by atoms with van der Waals surface area (Å²) in [6, 6.07) is 2.88. The molecular formula is C11H7Cl2N3O. The molecule has 0 unspecified atom stereocenters. The van der Waals surface area contributed by atoms with Gasteiger partial charge in [0.25, 0.3) is 0 Å². The van der Waals surface area contributed by atoms with Crippen LogP contribution in [0.3, 0.4) is 0 Å². The average molecular weight is 268 g/mol. The Kier molecular flexibility index (Phi) is 3.26. The molecule has 0 fully saturated rings. The molecule has 86 valence electrons. The molecule has 2 aromatic heterocycles. The highest BCUT2D eigenvalue weighted by Crippen LogP contribution is 2.17. The first-order chi connectivity index (χ1) is 8.11. The van der Waals surface area contributed by atoms with E-state index in [2.05, 4.69) is 16.5 Å². The van der Waals surface area contributed by atoms with Crippen LogP contribution in [-0.4, -0.2) is 20.3 Å². The van der Waals surface area contributed by atoms with E-state index in [0.29, 0.717) is 5.56 Å². The first-order valence-corrected chi connectivity index (χ1v) is 5.40. The number of carbonyl (C=O) groups is 1. The van der Waals surface area contributed by atoms with Gasteiger partial charge in [0.15, 0.2) is 5.82 Å². The third-order valence-electron chi connectivity index (χ3n) is 2.09. The highest BCUT2D eigenvalue weighted by Gasteiger charge is 2.15. The maximum Gasteiger partial charge on any atom is 0.229 e. The van der Waals surface area contributed by atoms with Crippen molar-refractivity contribution >= 4 is 35.2 Å². The second-order valence-corrected chi connectivity index (χ2v) is 3.95. The Morgan fingerprint density at radius 3 is 2.59 bits per heavy atom. The molecule has 0 atom stereocenters. The van der Waals surface area contributed by atoms with Crippen LogP contribution in [0.2, 0.25) is 10.3 Å². The molecule has 0 spiro atoms. The van der Waals surface area contributed by atoms with Crippen molar-refractivity contribution in [2.24, 2.45) is 0 Å². The minimum atomic E-state index is -0.291. The fourth-order valence-electron chi connectivity index (χ4n) is 1.36. The summed E-state index contributed by atoms with van der Waals surface area (Å²) in [5.74, 6) is -0.0422. The van der Waals surface area contributed by atoms with Gasteiger partial charge in [0.2, 0.25) is 5.78 Å². The van der Waals surface area contributed by atoms with Crippen LogP contribution >= 0.6 is 23.2 Å². The van der Waals surface area contributed by atoms with E-state index < -0.39 is 0 Å². The van der Waals surface area contributed by atoms with E-state index in [-0.39, 0.29) is 21.9 Å². The van der Waals surface area contributed by atoms with E-state index in [1.54, 1.807) is 6.20 Å². The van der Waals surface area contributed by atoms with Crippen molar-refractivity contribution in [3.63, 3.8) is 0 Å². The molecule has 0 saturated carbocycles. The lowest BCUT2D eigenvalue weighted by molar-refractivity contribution is 0.102. The molecule has 0 saturated heterocycles. The van der Waals surface area contributed by atoms with Gasteiger partial charge < -0.3 is 4.57 Å². The summed E-state index contributed by atoms with van der Waals surface area (Å²) in [6.07, 6.45) is 4.63. The standard InChI is InChI=1S/C11H7Cl2N3O/c1-2-16-4-3-14-11(16)10(17)7-5-8(12)15-9(13)6-7/h2-6H,1H2. The summed E-state index contributed by atoms with van der Waals surface area (Å²) in [5.41, 5.74) is 0.337. The molecule has 6 heteroatoms. The molecule has 0 aromatic carbocycles. The van der Waals surface area contributed by atoms with Crippen molar-refractivity contribution in [1.82, 2.24) is 14.5 Å². The summed E-state index contributed by atoms with van der Waals surface area (Å²) in [5, 5.41) is 0.329. The Morgan fingerprint density at radius 1 is 1.35 bits per heavy atom. The van der Waals surface area contributed by atoms with Gasteiger partial charge in [-0.1, -0.05) is 29.8 Å². The van der Waals surface area contributed by atoms with Crippen LogP contribution in [0, 0.1) is 0 Å². The number of hydrogen-bond acceptors (Lipinski definition) is 3. The largest absolute Gasteiger partial charge is 0.304 e. The van der Waals surface area contributed by atoms with Crippen molar-refractivity contribution in [2.75, 3.05) is 0 Å². The second-order valence-electron chi connectivity index (χ2n) is 3.17. The molecule has 0 aliphatic rings. The van der Waals surface area contributed by atoms with Gasteiger partial charge in [-0.05, 0) is 12.1 Å². The number of halogens is 2. The molecule has 2 rings (SSSR count). The average Bonchev–Trinajstić information content (AvgIpc) is 2.74. The van der Waals surface area contributed by atoms with Crippen molar-refractivity contribution in [2.45, 2.75) is 0 Å². The van der Waals surface area contributed by atoms with Crippen molar-refractivity contribution in [1.29, 1.82) is 0 Å². The highest BCUT2D eigenvalue weighted by atomic mass is 35.5. The molecule has 0 N–H and O–H groups in total. The Labute approximate surface area is 108 Å². The molecule has 0 aliphatic carbocycles. The Balaban J connectivity index is 2.47. The summed E-state index contributed by atoms with van der Waals surface area (Å²) in [4.78, 5) is 19.8. The lowest BCUT2D eigenvalue weighted by Crippen LogP contribution is -2.08. The number of hydrogen-bond donors (Lipinski definition) is 0. The number of pyridine rings is 1. The molecule has 0 aliphatic heterocycles. The zero-order valence-corrected chi connectivity index (χ0v) is 10.1. The molecule has 4 nitrogen and oxygen atoms in total. The number of ketones is 1. The summed E-state index contributed by atoms with van der Waals surface area (Å²) in [7, 11) is 0. The molecule has 2 aromatic rings. The Hall–Kier alpha value is -1.65. The fraction of sp³-hybridized carbons (Fsp3) is 0. The van der Waals surface area contributed by atoms with Crippen molar-refractivity contribution < 1.29 is 4.79 Å². The second kappa shape index (κ2) is 4.69. The summed E-state index contributed by atoms with van der Waals surface area (Å²) < 4.78 is 1.52. The van der Waals surface area contributed by atoms with E-state index in [0.717, 1.165) is 0 Å². The quantitative estimate of drug-likeness (QED) is 0.635. The van der Waals surface area contributed by atoms with Crippen LogP contribution in [0.15, 0.2) is 31.1 Å². The van der Waals surface area contributed by atoms with Crippen molar-refractivity contribution in [3.8, 4) is 0 Å². The number of nitrogens with zero attached hydrogens (tertiary/aromatic N) is 3. The smallest absolute Gasteiger partial charge is 0.229 e. The highest BCUT2D eigenvalue weighted by molar-refractivity contribution is 6.33. The molecule has 2 heterocycles. The van der Waals surface area contributed by atoms with Crippen LogP contribution in [0.1, 0.15) is 16.2 Å². The van der Waals surface area contributed by atoms with E-state index in [1.807, 2.05) is 0 Å². The van der Waals surface area contributed by atoms with Crippen LogP contribution < -0.4 is 0 Å². The van der Waals surface area contributed by atoms with Crippen LogP contribution in [0.4, 0.5) is 0 Å². The van der Waals surface area contributed by atoms with E-state index >= 15 is 0 Å². The minimum Gasteiger partial charge on any atom is -0.304 e. The van der Waals surface area contributed by atoms with Gasteiger partial charge >= 0.3 is 0 Å². The fourth-order valence-corrected chi connectivity index (χ4v) is 1.82.